The van der Waals surface area contributed by atoms with Gasteiger partial charge in [-0.1, -0.05) is 11.2 Å². The van der Waals surface area contributed by atoms with E-state index in [1.54, 1.807) is 44.5 Å². The second-order valence-corrected chi connectivity index (χ2v) is 6.63. The van der Waals surface area contributed by atoms with Crippen LogP contribution in [-0.4, -0.2) is 28.1 Å². The molecular weight excluding hydrogens is 344 g/mol. The number of nitrogens with one attached hydrogen (secondary N) is 1. The average molecular weight is 364 g/mol. The fraction of sp³-hybridized carbons (Fsp3) is 0.300. The average Bonchev–Trinajstić information content (AvgIpc) is 3.44. The van der Waals surface area contributed by atoms with Crippen molar-refractivity contribution < 1.29 is 14.1 Å². The van der Waals surface area contributed by atoms with E-state index in [0.29, 0.717) is 28.9 Å². The fourth-order valence-electron chi connectivity index (χ4n) is 2.82. The summed E-state index contributed by atoms with van der Waals surface area (Å²) in [4.78, 5) is 21.3. The molecule has 2 heterocycles. The molecule has 0 aliphatic heterocycles. The number of amides is 1. The van der Waals surface area contributed by atoms with E-state index in [4.69, 9.17) is 9.26 Å². The molecule has 1 fully saturated rings. The van der Waals surface area contributed by atoms with Crippen molar-refractivity contribution in [1.29, 1.82) is 0 Å². The van der Waals surface area contributed by atoms with Gasteiger partial charge in [0.05, 0.1) is 7.11 Å². The largest absolute Gasteiger partial charge is 0.497 e. The van der Waals surface area contributed by atoms with Crippen molar-refractivity contribution in [2.75, 3.05) is 7.11 Å². The van der Waals surface area contributed by atoms with Gasteiger partial charge in [0.2, 0.25) is 11.7 Å². The van der Waals surface area contributed by atoms with E-state index < -0.39 is 6.04 Å². The van der Waals surface area contributed by atoms with Gasteiger partial charge in [-0.15, -0.1) is 0 Å². The minimum Gasteiger partial charge on any atom is -0.497 e. The number of pyridine rings is 1. The molecule has 0 saturated heterocycles. The number of nitrogens with zero attached hydrogens (tertiary/aromatic N) is 3. The van der Waals surface area contributed by atoms with E-state index in [0.717, 1.165) is 11.3 Å². The molecule has 7 heteroatoms. The maximum Gasteiger partial charge on any atom is 0.252 e. The van der Waals surface area contributed by atoms with E-state index in [1.807, 2.05) is 12.1 Å². The molecule has 138 valence electrons. The standard InChI is InChI=1S/C20H20N4O3/c1-12(22-19(25)15-4-3-5-16(10-15)26-2)20-23-18(24-27-20)14-8-9-21-17(11-14)13-6-7-13/h3-5,8-13H,6-7H2,1-2H3,(H,22,25). The lowest BCUT2D eigenvalue weighted by atomic mass is 10.1. The Kier molecular flexibility index (Phi) is 4.58. The number of carbonyl (C=O) groups excluding carboxylic acids is 1. The Labute approximate surface area is 156 Å². The number of benzene rings is 1. The fourth-order valence-corrected chi connectivity index (χ4v) is 2.82. The van der Waals surface area contributed by atoms with Gasteiger partial charge in [0.15, 0.2) is 0 Å². The van der Waals surface area contributed by atoms with E-state index in [9.17, 15) is 4.79 Å². The highest BCUT2D eigenvalue weighted by Crippen LogP contribution is 2.39. The second-order valence-electron chi connectivity index (χ2n) is 6.63. The molecule has 1 atom stereocenters. The van der Waals surface area contributed by atoms with Crippen LogP contribution in [0.1, 0.15) is 53.7 Å². The van der Waals surface area contributed by atoms with Crippen LogP contribution < -0.4 is 10.1 Å². The SMILES string of the molecule is COc1cccc(C(=O)NC(C)c2nc(-c3ccnc(C4CC4)c3)no2)c1. The van der Waals surface area contributed by atoms with Crippen molar-refractivity contribution in [3.05, 3.63) is 59.7 Å². The van der Waals surface area contributed by atoms with Gasteiger partial charge < -0.3 is 14.6 Å². The van der Waals surface area contributed by atoms with E-state index in [-0.39, 0.29) is 5.91 Å². The second kappa shape index (κ2) is 7.19. The van der Waals surface area contributed by atoms with Crippen LogP contribution in [0.2, 0.25) is 0 Å². The summed E-state index contributed by atoms with van der Waals surface area (Å²) in [6.07, 6.45) is 4.13. The van der Waals surface area contributed by atoms with Gasteiger partial charge in [-0.25, -0.2) is 0 Å². The van der Waals surface area contributed by atoms with E-state index >= 15 is 0 Å². The number of ether oxygens (including phenoxy) is 1. The molecule has 4 rings (SSSR count). The van der Waals surface area contributed by atoms with Gasteiger partial charge in [-0.3, -0.25) is 9.78 Å². The third-order valence-corrected chi connectivity index (χ3v) is 4.53. The Hall–Kier alpha value is -3.22. The summed E-state index contributed by atoms with van der Waals surface area (Å²) >= 11 is 0. The van der Waals surface area contributed by atoms with Gasteiger partial charge in [-0.05, 0) is 50.1 Å². The lowest BCUT2D eigenvalue weighted by Crippen LogP contribution is -2.26. The molecular formula is C20H20N4O3. The molecule has 3 aromatic rings. The molecule has 0 radical (unpaired) electrons. The molecule has 2 aromatic heterocycles. The first-order chi connectivity index (χ1) is 13.1. The number of carbonyl (C=O) groups is 1. The number of aromatic nitrogens is 3. The van der Waals surface area contributed by atoms with Crippen LogP contribution in [0.25, 0.3) is 11.4 Å². The quantitative estimate of drug-likeness (QED) is 0.720. The van der Waals surface area contributed by atoms with Crippen molar-refractivity contribution in [2.24, 2.45) is 0 Å². The minimum atomic E-state index is -0.422. The third-order valence-electron chi connectivity index (χ3n) is 4.53. The molecule has 1 aliphatic carbocycles. The molecule has 1 amide bonds. The molecule has 1 saturated carbocycles. The van der Waals surface area contributed by atoms with Gasteiger partial charge in [-0.2, -0.15) is 4.98 Å². The van der Waals surface area contributed by atoms with Crippen LogP contribution in [0.5, 0.6) is 5.75 Å². The predicted molar refractivity (Wildman–Crippen MR) is 98.4 cm³/mol. The lowest BCUT2D eigenvalue weighted by Gasteiger charge is -2.10. The van der Waals surface area contributed by atoms with Crippen LogP contribution >= 0.6 is 0 Å². The van der Waals surface area contributed by atoms with Crippen LogP contribution in [0.4, 0.5) is 0 Å². The maximum absolute atomic E-state index is 12.4. The maximum atomic E-state index is 12.4. The smallest absolute Gasteiger partial charge is 0.252 e. The first kappa shape index (κ1) is 17.2. The van der Waals surface area contributed by atoms with E-state index in [2.05, 4.69) is 20.4 Å². The van der Waals surface area contributed by atoms with Crippen molar-refractivity contribution >= 4 is 5.91 Å². The first-order valence-electron chi connectivity index (χ1n) is 8.89. The monoisotopic (exact) mass is 364 g/mol. The molecule has 27 heavy (non-hydrogen) atoms. The van der Waals surface area contributed by atoms with E-state index in [1.165, 1.54) is 12.8 Å². The molecule has 1 aliphatic rings. The van der Waals surface area contributed by atoms with Crippen molar-refractivity contribution in [3.8, 4) is 17.1 Å². The zero-order chi connectivity index (χ0) is 18.8. The summed E-state index contributed by atoms with van der Waals surface area (Å²) in [6.45, 7) is 1.80. The Bertz CT molecular complexity index is 965. The van der Waals surface area contributed by atoms with Crippen molar-refractivity contribution in [3.63, 3.8) is 0 Å². The summed E-state index contributed by atoms with van der Waals surface area (Å²) in [6, 6.07) is 10.4. The highest BCUT2D eigenvalue weighted by Gasteiger charge is 2.25. The third kappa shape index (κ3) is 3.81. The number of methoxy groups -OCH3 is 1. The number of hydrogen-bond acceptors (Lipinski definition) is 6. The predicted octanol–water partition coefficient (Wildman–Crippen LogP) is 3.51. The topological polar surface area (TPSA) is 90.1 Å². The molecule has 1 N–H and O–H groups in total. The van der Waals surface area contributed by atoms with Gasteiger partial charge >= 0.3 is 0 Å². The van der Waals surface area contributed by atoms with Crippen molar-refractivity contribution in [2.45, 2.75) is 31.7 Å². The Morgan fingerprint density at radius 1 is 1.30 bits per heavy atom. The zero-order valence-electron chi connectivity index (χ0n) is 15.2. The molecule has 1 unspecified atom stereocenters. The van der Waals surface area contributed by atoms with Crippen LogP contribution in [0.3, 0.4) is 0 Å². The molecule has 0 spiro atoms. The van der Waals surface area contributed by atoms with Gasteiger partial charge in [0, 0.05) is 28.9 Å². The van der Waals surface area contributed by atoms with Crippen LogP contribution in [0.15, 0.2) is 47.1 Å². The summed E-state index contributed by atoms with van der Waals surface area (Å²) < 4.78 is 10.5. The lowest BCUT2D eigenvalue weighted by molar-refractivity contribution is 0.0932. The number of rotatable bonds is 6. The zero-order valence-corrected chi connectivity index (χ0v) is 15.2. The van der Waals surface area contributed by atoms with Crippen LogP contribution in [-0.2, 0) is 0 Å². The first-order valence-corrected chi connectivity index (χ1v) is 8.89. The summed E-state index contributed by atoms with van der Waals surface area (Å²) in [5.74, 6) is 1.79. The Balaban J connectivity index is 1.47. The Morgan fingerprint density at radius 3 is 2.93 bits per heavy atom. The minimum absolute atomic E-state index is 0.235. The molecule has 7 nitrogen and oxygen atoms in total. The highest BCUT2D eigenvalue weighted by atomic mass is 16.5. The Morgan fingerprint density at radius 2 is 2.15 bits per heavy atom. The van der Waals surface area contributed by atoms with Gasteiger partial charge in [0.25, 0.3) is 5.91 Å². The van der Waals surface area contributed by atoms with Crippen LogP contribution in [0, 0.1) is 0 Å². The summed E-state index contributed by atoms with van der Waals surface area (Å²) in [7, 11) is 1.56. The summed E-state index contributed by atoms with van der Waals surface area (Å²) in [5.41, 5.74) is 2.44. The normalized spacial score (nSPS) is 14.6. The summed E-state index contributed by atoms with van der Waals surface area (Å²) in [5, 5.41) is 6.92. The highest BCUT2D eigenvalue weighted by molar-refractivity contribution is 5.94. The molecule has 1 aromatic carbocycles. The van der Waals surface area contributed by atoms with Crippen molar-refractivity contribution in [1.82, 2.24) is 20.4 Å². The van der Waals surface area contributed by atoms with Gasteiger partial charge in [0.1, 0.15) is 11.8 Å². The molecule has 0 bridgehead atoms. The number of hydrogen-bond donors (Lipinski definition) is 1.